The molecule has 1 aliphatic carbocycles. The van der Waals surface area contributed by atoms with Crippen LogP contribution < -0.4 is 0 Å². The molecule has 7 heteroatoms. The van der Waals surface area contributed by atoms with Gasteiger partial charge in [0, 0.05) is 10.9 Å². The highest BCUT2D eigenvalue weighted by Gasteiger charge is 2.34. The van der Waals surface area contributed by atoms with Gasteiger partial charge in [0.2, 0.25) is 6.29 Å². The minimum absolute atomic E-state index is 0.0673. The lowest BCUT2D eigenvalue weighted by molar-refractivity contribution is -0.0442. The van der Waals surface area contributed by atoms with Gasteiger partial charge < -0.3 is 14.4 Å². The summed E-state index contributed by atoms with van der Waals surface area (Å²) in [5.41, 5.74) is 0. The summed E-state index contributed by atoms with van der Waals surface area (Å²) in [6.07, 6.45) is 3.44. The summed E-state index contributed by atoms with van der Waals surface area (Å²) in [7, 11) is 0. The smallest absolute Gasteiger partial charge is 0.266 e. The van der Waals surface area contributed by atoms with E-state index in [1.165, 1.54) is 16.2 Å². The fourth-order valence-corrected chi connectivity index (χ4v) is 4.04. The Balaban J connectivity index is 1.51. The summed E-state index contributed by atoms with van der Waals surface area (Å²) < 4.78 is 10.9. The van der Waals surface area contributed by atoms with E-state index >= 15 is 0 Å². The van der Waals surface area contributed by atoms with Crippen molar-refractivity contribution in [3.8, 4) is 0 Å². The van der Waals surface area contributed by atoms with E-state index in [0.717, 1.165) is 17.8 Å². The molecule has 2 aromatic heterocycles. The summed E-state index contributed by atoms with van der Waals surface area (Å²) in [6, 6.07) is 4.47. The molecular formula is C15H16N2O3S2. The molecule has 5 nitrogen and oxygen atoms in total. The van der Waals surface area contributed by atoms with Crippen LogP contribution in [0.2, 0.25) is 0 Å². The largest absolute Gasteiger partial charge is 0.344 e. The van der Waals surface area contributed by atoms with Gasteiger partial charge in [-0.15, -0.1) is 22.7 Å². The molecule has 0 unspecified atom stereocenters. The van der Waals surface area contributed by atoms with Crippen LogP contribution in [0.4, 0.5) is 0 Å². The number of rotatable bonds is 5. The second-order valence-electron chi connectivity index (χ2n) is 5.38. The minimum Gasteiger partial charge on any atom is -0.344 e. The molecule has 0 radical (unpaired) electrons. The molecule has 1 aliphatic heterocycles. The first-order valence-electron chi connectivity index (χ1n) is 7.33. The molecule has 1 amide bonds. The van der Waals surface area contributed by atoms with Gasteiger partial charge in [-0.05, 0) is 24.3 Å². The van der Waals surface area contributed by atoms with Crippen molar-refractivity contribution in [3.05, 3.63) is 38.5 Å². The zero-order valence-corrected chi connectivity index (χ0v) is 13.6. The number of thiazole rings is 1. The van der Waals surface area contributed by atoms with Crippen molar-refractivity contribution in [1.82, 2.24) is 9.88 Å². The van der Waals surface area contributed by atoms with Crippen molar-refractivity contribution in [3.63, 3.8) is 0 Å². The Morgan fingerprint density at radius 1 is 1.36 bits per heavy atom. The molecule has 2 aromatic rings. The summed E-state index contributed by atoms with van der Waals surface area (Å²) in [4.78, 5) is 21.0. The number of amides is 1. The Morgan fingerprint density at radius 3 is 2.86 bits per heavy atom. The number of carbonyl (C=O) groups is 1. The lowest BCUT2D eigenvalue weighted by atomic mass is 10.3. The fourth-order valence-electron chi connectivity index (χ4n) is 2.46. The Morgan fingerprint density at radius 2 is 2.18 bits per heavy atom. The molecule has 2 aliphatic rings. The van der Waals surface area contributed by atoms with Crippen LogP contribution in [0.25, 0.3) is 0 Å². The maximum atomic E-state index is 12.8. The SMILES string of the molecule is O=C(c1cnc(C2OCCO2)s1)N(Cc1cccs1)C1CC1. The van der Waals surface area contributed by atoms with Gasteiger partial charge in [-0.25, -0.2) is 4.98 Å². The van der Waals surface area contributed by atoms with Crippen molar-refractivity contribution < 1.29 is 14.3 Å². The molecule has 1 saturated heterocycles. The maximum Gasteiger partial charge on any atom is 0.266 e. The zero-order chi connectivity index (χ0) is 14.9. The summed E-state index contributed by atoms with van der Waals surface area (Å²) in [5.74, 6) is 0.0673. The molecule has 3 heterocycles. The molecule has 4 rings (SSSR count). The molecule has 0 N–H and O–H groups in total. The highest BCUT2D eigenvalue weighted by atomic mass is 32.1. The summed E-state index contributed by atoms with van der Waals surface area (Å²) in [6.45, 7) is 1.85. The maximum absolute atomic E-state index is 12.8. The highest BCUT2D eigenvalue weighted by Crippen LogP contribution is 2.33. The number of carbonyl (C=O) groups excluding carboxylic acids is 1. The number of nitrogens with zero attached hydrogens (tertiary/aromatic N) is 2. The third-order valence-electron chi connectivity index (χ3n) is 3.71. The van der Waals surface area contributed by atoms with Crippen molar-refractivity contribution in [2.75, 3.05) is 13.2 Å². The summed E-state index contributed by atoms with van der Waals surface area (Å²) >= 11 is 3.06. The third kappa shape index (κ3) is 2.94. The Bertz CT molecular complexity index is 646. The van der Waals surface area contributed by atoms with Gasteiger partial charge in [-0.2, -0.15) is 0 Å². The standard InChI is InChI=1S/C15H16N2O3S2/c18-14(12-8-16-13(22-12)15-19-5-6-20-15)17(10-3-4-10)9-11-2-1-7-21-11/h1-2,7-8,10,15H,3-6,9H2. The Kier molecular flexibility index (Phi) is 3.96. The van der Waals surface area contributed by atoms with Crippen LogP contribution in [-0.2, 0) is 16.0 Å². The first-order valence-corrected chi connectivity index (χ1v) is 9.03. The fraction of sp³-hybridized carbons (Fsp3) is 0.467. The number of hydrogen-bond donors (Lipinski definition) is 0. The van der Waals surface area contributed by atoms with Crippen LogP contribution >= 0.6 is 22.7 Å². The number of ether oxygens (including phenoxy) is 2. The van der Waals surface area contributed by atoms with E-state index < -0.39 is 6.29 Å². The molecule has 22 heavy (non-hydrogen) atoms. The molecule has 0 bridgehead atoms. The van der Waals surface area contributed by atoms with Crippen molar-refractivity contribution in [2.45, 2.75) is 31.7 Å². The number of hydrogen-bond acceptors (Lipinski definition) is 6. The van der Waals surface area contributed by atoms with E-state index in [4.69, 9.17) is 9.47 Å². The lowest BCUT2D eigenvalue weighted by Gasteiger charge is -2.20. The van der Waals surface area contributed by atoms with Gasteiger partial charge in [0.1, 0.15) is 9.88 Å². The van der Waals surface area contributed by atoms with Gasteiger partial charge in [0.25, 0.3) is 5.91 Å². The van der Waals surface area contributed by atoms with E-state index in [2.05, 4.69) is 11.1 Å². The van der Waals surface area contributed by atoms with Gasteiger partial charge >= 0.3 is 0 Å². The van der Waals surface area contributed by atoms with Gasteiger partial charge in [-0.3, -0.25) is 4.79 Å². The van der Waals surface area contributed by atoms with E-state index in [-0.39, 0.29) is 5.91 Å². The molecular weight excluding hydrogens is 320 g/mol. The van der Waals surface area contributed by atoms with Gasteiger partial charge in [-0.1, -0.05) is 6.07 Å². The Hall–Kier alpha value is -1.28. The molecule has 116 valence electrons. The van der Waals surface area contributed by atoms with Crippen LogP contribution in [0, 0.1) is 0 Å². The molecule has 1 saturated carbocycles. The average molecular weight is 336 g/mol. The predicted molar refractivity (Wildman–Crippen MR) is 84.0 cm³/mol. The number of aromatic nitrogens is 1. The second kappa shape index (κ2) is 6.08. The molecule has 2 fully saturated rings. The van der Waals surface area contributed by atoms with Crippen LogP contribution in [0.1, 0.15) is 38.7 Å². The molecule has 0 spiro atoms. The normalized spacial score (nSPS) is 18.7. The topological polar surface area (TPSA) is 51.7 Å². The summed E-state index contributed by atoms with van der Waals surface area (Å²) in [5, 5.41) is 2.78. The van der Waals surface area contributed by atoms with E-state index in [1.807, 2.05) is 16.3 Å². The second-order valence-corrected chi connectivity index (χ2v) is 7.47. The highest BCUT2D eigenvalue weighted by molar-refractivity contribution is 7.13. The monoisotopic (exact) mass is 336 g/mol. The first kappa shape index (κ1) is 14.3. The predicted octanol–water partition coefficient (Wildman–Crippen LogP) is 3.05. The van der Waals surface area contributed by atoms with E-state index in [1.54, 1.807) is 17.5 Å². The minimum atomic E-state index is -0.404. The van der Waals surface area contributed by atoms with Crippen molar-refractivity contribution in [1.29, 1.82) is 0 Å². The van der Waals surface area contributed by atoms with Crippen LogP contribution in [-0.4, -0.2) is 35.0 Å². The number of thiophene rings is 1. The van der Waals surface area contributed by atoms with Crippen LogP contribution in [0.5, 0.6) is 0 Å². The third-order valence-corrected chi connectivity index (χ3v) is 5.58. The van der Waals surface area contributed by atoms with Crippen molar-refractivity contribution >= 4 is 28.6 Å². The quantitative estimate of drug-likeness (QED) is 0.842. The first-order chi connectivity index (χ1) is 10.8. The van der Waals surface area contributed by atoms with Crippen molar-refractivity contribution in [2.24, 2.45) is 0 Å². The van der Waals surface area contributed by atoms with E-state index in [9.17, 15) is 4.79 Å². The van der Waals surface area contributed by atoms with Gasteiger partial charge in [0.05, 0.1) is 26.0 Å². The van der Waals surface area contributed by atoms with Crippen LogP contribution in [0.3, 0.4) is 0 Å². The Labute approximate surface area is 136 Å². The van der Waals surface area contributed by atoms with Crippen LogP contribution in [0.15, 0.2) is 23.7 Å². The lowest BCUT2D eigenvalue weighted by Crippen LogP contribution is -2.31. The molecule has 0 atom stereocenters. The zero-order valence-electron chi connectivity index (χ0n) is 11.9. The van der Waals surface area contributed by atoms with E-state index in [0.29, 0.717) is 30.7 Å². The van der Waals surface area contributed by atoms with Gasteiger partial charge in [0.15, 0.2) is 0 Å². The molecule has 0 aromatic carbocycles. The average Bonchev–Trinajstić information content (AvgIpc) is 3.01.